The number of rotatable bonds is 3. The van der Waals surface area contributed by atoms with Crippen molar-refractivity contribution < 1.29 is 14.7 Å². The van der Waals surface area contributed by atoms with Crippen LogP contribution in [0.2, 0.25) is 0 Å². The number of amides is 1. The van der Waals surface area contributed by atoms with E-state index in [-0.39, 0.29) is 5.91 Å². The van der Waals surface area contributed by atoms with E-state index in [0.717, 1.165) is 10.4 Å². The van der Waals surface area contributed by atoms with Crippen molar-refractivity contribution in [2.45, 2.75) is 33.1 Å². The summed E-state index contributed by atoms with van der Waals surface area (Å²) < 4.78 is 0. The molecule has 0 aliphatic carbocycles. The molecule has 0 unspecified atom stereocenters. The molecular formula is C14H19NO3S. The van der Waals surface area contributed by atoms with Gasteiger partial charge in [-0.05, 0) is 36.3 Å². The van der Waals surface area contributed by atoms with Crippen LogP contribution in [0, 0.1) is 5.41 Å². The molecule has 1 aromatic heterocycles. The molecular weight excluding hydrogens is 262 g/mol. The second-order valence-electron chi connectivity index (χ2n) is 5.70. The lowest BCUT2D eigenvalue weighted by molar-refractivity contribution is -0.147. The highest BCUT2D eigenvalue weighted by Crippen LogP contribution is 2.33. The standard InChI is InChI=1S/C14H19NO3S/c1-9(2)10-4-7-19-11(10)12(16)15-6-5-14(3,8-15)13(17)18/h4,7,9H,5-6,8H2,1-3H3,(H,17,18)/t14-/m0/s1. The van der Waals surface area contributed by atoms with Gasteiger partial charge in [0.25, 0.3) is 5.91 Å². The summed E-state index contributed by atoms with van der Waals surface area (Å²) in [5, 5.41) is 11.1. The summed E-state index contributed by atoms with van der Waals surface area (Å²) in [4.78, 5) is 26.1. The summed E-state index contributed by atoms with van der Waals surface area (Å²) in [5.41, 5.74) is 0.254. The van der Waals surface area contributed by atoms with E-state index in [1.807, 2.05) is 11.4 Å². The smallest absolute Gasteiger partial charge is 0.311 e. The van der Waals surface area contributed by atoms with Crippen LogP contribution in [-0.2, 0) is 4.79 Å². The molecule has 0 aromatic carbocycles. The van der Waals surface area contributed by atoms with Crippen LogP contribution in [0.15, 0.2) is 11.4 Å². The molecule has 1 aliphatic rings. The molecule has 1 amide bonds. The maximum atomic E-state index is 12.5. The molecule has 1 fully saturated rings. The second-order valence-corrected chi connectivity index (χ2v) is 6.62. The first-order valence-electron chi connectivity index (χ1n) is 6.45. The number of carbonyl (C=O) groups excluding carboxylic acids is 1. The molecule has 104 valence electrons. The first-order chi connectivity index (χ1) is 8.85. The van der Waals surface area contributed by atoms with Crippen LogP contribution in [0.3, 0.4) is 0 Å². The Balaban J connectivity index is 2.18. The highest BCUT2D eigenvalue weighted by atomic mass is 32.1. The van der Waals surface area contributed by atoms with Gasteiger partial charge in [0.15, 0.2) is 0 Å². The van der Waals surface area contributed by atoms with Crippen molar-refractivity contribution in [1.82, 2.24) is 4.90 Å². The number of hydrogen-bond acceptors (Lipinski definition) is 3. The minimum Gasteiger partial charge on any atom is -0.481 e. The molecule has 0 bridgehead atoms. The van der Waals surface area contributed by atoms with Crippen LogP contribution in [-0.4, -0.2) is 35.0 Å². The molecule has 0 radical (unpaired) electrons. The Hall–Kier alpha value is -1.36. The van der Waals surface area contributed by atoms with Crippen LogP contribution < -0.4 is 0 Å². The number of carboxylic acid groups (broad SMARTS) is 1. The molecule has 19 heavy (non-hydrogen) atoms. The largest absolute Gasteiger partial charge is 0.481 e. The van der Waals surface area contributed by atoms with E-state index in [1.165, 1.54) is 11.3 Å². The number of carboxylic acids is 1. The fourth-order valence-electron chi connectivity index (χ4n) is 2.40. The second kappa shape index (κ2) is 4.96. The van der Waals surface area contributed by atoms with Crippen LogP contribution in [0.4, 0.5) is 0 Å². The first-order valence-corrected chi connectivity index (χ1v) is 7.33. The monoisotopic (exact) mass is 281 g/mol. The van der Waals surface area contributed by atoms with E-state index in [0.29, 0.717) is 25.4 Å². The van der Waals surface area contributed by atoms with Gasteiger partial charge >= 0.3 is 5.97 Å². The number of aliphatic carboxylic acids is 1. The van der Waals surface area contributed by atoms with Gasteiger partial charge in [-0.15, -0.1) is 11.3 Å². The Morgan fingerprint density at radius 1 is 1.47 bits per heavy atom. The summed E-state index contributed by atoms with van der Waals surface area (Å²) in [6.07, 6.45) is 0.524. The van der Waals surface area contributed by atoms with Crippen molar-refractivity contribution in [3.05, 3.63) is 21.9 Å². The Labute approximate surface area is 117 Å². The molecule has 1 aromatic rings. The number of carbonyl (C=O) groups is 2. The van der Waals surface area contributed by atoms with E-state index in [1.54, 1.807) is 11.8 Å². The van der Waals surface area contributed by atoms with Gasteiger partial charge in [0.2, 0.25) is 0 Å². The third kappa shape index (κ3) is 2.52. The van der Waals surface area contributed by atoms with Crippen LogP contribution >= 0.6 is 11.3 Å². The molecule has 1 N–H and O–H groups in total. The lowest BCUT2D eigenvalue weighted by Crippen LogP contribution is -2.34. The first kappa shape index (κ1) is 14.1. The average molecular weight is 281 g/mol. The molecule has 0 spiro atoms. The van der Waals surface area contributed by atoms with Crippen molar-refractivity contribution in [2.24, 2.45) is 5.41 Å². The number of likely N-dealkylation sites (tertiary alicyclic amines) is 1. The predicted octanol–water partition coefficient (Wildman–Crippen LogP) is 2.81. The van der Waals surface area contributed by atoms with Crippen LogP contribution in [0.25, 0.3) is 0 Å². The third-order valence-corrected chi connectivity index (χ3v) is 4.71. The zero-order valence-electron chi connectivity index (χ0n) is 11.5. The number of hydrogen-bond donors (Lipinski definition) is 1. The Bertz CT molecular complexity index is 509. The van der Waals surface area contributed by atoms with E-state index in [4.69, 9.17) is 0 Å². The van der Waals surface area contributed by atoms with Crippen molar-refractivity contribution in [1.29, 1.82) is 0 Å². The van der Waals surface area contributed by atoms with Gasteiger partial charge in [0, 0.05) is 13.1 Å². The molecule has 4 nitrogen and oxygen atoms in total. The summed E-state index contributed by atoms with van der Waals surface area (Å²) in [7, 11) is 0. The van der Waals surface area contributed by atoms with Gasteiger partial charge in [0.1, 0.15) is 0 Å². The normalized spacial score (nSPS) is 23.1. The molecule has 5 heteroatoms. The molecule has 2 heterocycles. The zero-order chi connectivity index (χ0) is 14.2. The minimum atomic E-state index is -0.821. The molecule has 2 rings (SSSR count). The van der Waals surface area contributed by atoms with E-state index in [2.05, 4.69) is 13.8 Å². The summed E-state index contributed by atoms with van der Waals surface area (Å²) in [5.74, 6) is -0.541. The van der Waals surface area contributed by atoms with Crippen molar-refractivity contribution >= 4 is 23.2 Å². The Morgan fingerprint density at radius 3 is 2.68 bits per heavy atom. The quantitative estimate of drug-likeness (QED) is 0.927. The van der Waals surface area contributed by atoms with Crippen molar-refractivity contribution in [2.75, 3.05) is 13.1 Å². The van der Waals surface area contributed by atoms with Gasteiger partial charge < -0.3 is 10.0 Å². The molecule has 1 atom stereocenters. The Morgan fingerprint density at radius 2 is 2.16 bits per heavy atom. The number of thiophene rings is 1. The highest BCUT2D eigenvalue weighted by molar-refractivity contribution is 7.12. The van der Waals surface area contributed by atoms with Crippen LogP contribution in [0.1, 0.15) is 48.3 Å². The van der Waals surface area contributed by atoms with E-state index < -0.39 is 11.4 Å². The maximum absolute atomic E-state index is 12.5. The Kier molecular flexibility index (Phi) is 3.67. The SMILES string of the molecule is CC(C)c1ccsc1C(=O)N1CC[C@](C)(C(=O)O)C1. The molecule has 1 saturated heterocycles. The highest BCUT2D eigenvalue weighted by Gasteiger charge is 2.42. The summed E-state index contributed by atoms with van der Waals surface area (Å²) in [6, 6.07) is 1.98. The van der Waals surface area contributed by atoms with E-state index >= 15 is 0 Å². The lowest BCUT2D eigenvalue weighted by Gasteiger charge is -2.20. The van der Waals surface area contributed by atoms with E-state index in [9.17, 15) is 14.7 Å². The van der Waals surface area contributed by atoms with Gasteiger partial charge in [-0.2, -0.15) is 0 Å². The third-order valence-electron chi connectivity index (χ3n) is 3.79. The molecule has 1 aliphatic heterocycles. The maximum Gasteiger partial charge on any atom is 0.311 e. The molecule has 0 saturated carbocycles. The fraction of sp³-hybridized carbons (Fsp3) is 0.571. The summed E-state index contributed by atoms with van der Waals surface area (Å²) in [6.45, 7) is 6.66. The zero-order valence-corrected chi connectivity index (χ0v) is 12.3. The minimum absolute atomic E-state index is 0.0244. The summed E-state index contributed by atoms with van der Waals surface area (Å²) >= 11 is 1.44. The van der Waals surface area contributed by atoms with Crippen molar-refractivity contribution in [3.63, 3.8) is 0 Å². The van der Waals surface area contributed by atoms with Gasteiger partial charge in [0.05, 0.1) is 10.3 Å². The van der Waals surface area contributed by atoms with Gasteiger partial charge in [-0.1, -0.05) is 13.8 Å². The topological polar surface area (TPSA) is 57.6 Å². The number of nitrogens with zero attached hydrogens (tertiary/aromatic N) is 1. The van der Waals surface area contributed by atoms with Gasteiger partial charge in [-0.3, -0.25) is 9.59 Å². The predicted molar refractivity (Wildman–Crippen MR) is 74.7 cm³/mol. The average Bonchev–Trinajstić information content (AvgIpc) is 2.95. The fourth-order valence-corrected chi connectivity index (χ4v) is 3.42. The van der Waals surface area contributed by atoms with Crippen molar-refractivity contribution in [3.8, 4) is 0 Å². The van der Waals surface area contributed by atoms with Gasteiger partial charge in [-0.25, -0.2) is 0 Å². The van der Waals surface area contributed by atoms with Crippen LogP contribution in [0.5, 0.6) is 0 Å². The lowest BCUT2D eigenvalue weighted by atomic mass is 9.90.